The minimum atomic E-state index is -0.177. The highest BCUT2D eigenvalue weighted by Crippen LogP contribution is 2.25. The molecule has 4 nitrogen and oxygen atoms in total. The standard InChI is InChI=1S/C15H22N2O2/c1-11(2)17(9-10-18)15(19)14-8-7-12-5-3-4-6-13(12)16-14/h3-6,11,14,16,18H,7-10H2,1-2H3. The fourth-order valence-corrected chi connectivity index (χ4v) is 2.55. The van der Waals surface area contributed by atoms with Crippen LogP contribution in [-0.2, 0) is 11.2 Å². The topological polar surface area (TPSA) is 52.6 Å². The van der Waals surface area contributed by atoms with Gasteiger partial charge in [-0.2, -0.15) is 0 Å². The Bertz CT molecular complexity index is 446. The SMILES string of the molecule is CC(C)N(CCO)C(=O)C1CCc2ccccc2N1. The lowest BCUT2D eigenvalue weighted by Crippen LogP contribution is -2.48. The fourth-order valence-electron chi connectivity index (χ4n) is 2.55. The molecule has 1 unspecified atom stereocenters. The first-order valence-electron chi connectivity index (χ1n) is 6.89. The van der Waals surface area contributed by atoms with Crippen LogP contribution in [0.4, 0.5) is 5.69 Å². The molecule has 0 spiro atoms. The van der Waals surface area contributed by atoms with Crippen molar-refractivity contribution in [2.45, 2.75) is 38.8 Å². The molecule has 0 saturated carbocycles. The number of amides is 1. The Kier molecular flexibility index (Phi) is 4.43. The summed E-state index contributed by atoms with van der Waals surface area (Å²) in [5, 5.41) is 12.4. The molecular formula is C15H22N2O2. The van der Waals surface area contributed by atoms with Crippen LogP contribution in [0.3, 0.4) is 0 Å². The van der Waals surface area contributed by atoms with Crippen molar-refractivity contribution in [1.82, 2.24) is 4.90 Å². The van der Waals surface area contributed by atoms with Gasteiger partial charge < -0.3 is 15.3 Å². The zero-order valence-electron chi connectivity index (χ0n) is 11.6. The third kappa shape index (κ3) is 3.07. The van der Waals surface area contributed by atoms with E-state index in [9.17, 15) is 4.79 Å². The van der Waals surface area contributed by atoms with Gasteiger partial charge >= 0.3 is 0 Å². The summed E-state index contributed by atoms with van der Waals surface area (Å²) in [5.74, 6) is 0.0820. The van der Waals surface area contributed by atoms with Gasteiger partial charge in [0.2, 0.25) is 5.91 Å². The van der Waals surface area contributed by atoms with Gasteiger partial charge in [0.1, 0.15) is 6.04 Å². The van der Waals surface area contributed by atoms with Crippen molar-refractivity contribution in [3.8, 4) is 0 Å². The molecule has 1 amide bonds. The highest BCUT2D eigenvalue weighted by Gasteiger charge is 2.28. The maximum absolute atomic E-state index is 12.5. The number of anilines is 1. The van der Waals surface area contributed by atoms with Gasteiger partial charge in [0.05, 0.1) is 6.61 Å². The van der Waals surface area contributed by atoms with Crippen LogP contribution >= 0.6 is 0 Å². The Morgan fingerprint density at radius 3 is 2.89 bits per heavy atom. The predicted molar refractivity (Wildman–Crippen MR) is 76.1 cm³/mol. The van der Waals surface area contributed by atoms with Gasteiger partial charge in [0.25, 0.3) is 0 Å². The molecular weight excluding hydrogens is 240 g/mol. The second-order valence-electron chi connectivity index (χ2n) is 5.24. The van der Waals surface area contributed by atoms with Crippen LogP contribution in [0.1, 0.15) is 25.8 Å². The molecule has 1 atom stereocenters. The maximum Gasteiger partial charge on any atom is 0.245 e. The normalized spacial score (nSPS) is 17.8. The van der Waals surface area contributed by atoms with E-state index in [0.717, 1.165) is 18.5 Å². The molecule has 1 aliphatic rings. The summed E-state index contributed by atoms with van der Waals surface area (Å²) in [7, 11) is 0. The van der Waals surface area contributed by atoms with Crippen molar-refractivity contribution in [1.29, 1.82) is 0 Å². The first-order chi connectivity index (χ1) is 9.13. The van der Waals surface area contributed by atoms with E-state index in [2.05, 4.69) is 11.4 Å². The zero-order valence-corrected chi connectivity index (χ0v) is 11.6. The van der Waals surface area contributed by atoms with Crippen molar-refractivity contribution in [2.24, 2.45) is 0 Å². The van der Waals surface area contributed by atoms with Crippen molar-refractivity contribution in [3.63, 3.8) is 0 Å². The molecule has 1 aromatic carbocycles. The van der Waals surface area contributed by atoms with Gasteiger partial charge in [0.15, 0.2) is 0 Å². The van der Waals surface area contributed by atoms with Crippen LogP contribution < -0.4 is 5.32 Å². The largest absolute Gasteiger partial charge is 0.395 e. The second-order valence-corrected chi connectivity index (χ2v) is 5.24. The fraction of sp³-hybridized carbons (Fsp3) is 0.533. The Morgan fingerprint density at radius 2 is 2.21 bits per heavy atom. The maximum atomic E-state index is 12.5. The number of aryl methyl sites for hydroxylation is 1. The van der Waals surface area contributed by atoms with Crippen molar-refractivity contribution < 1.29 is 9.90 Å². The number of carbonyl (C=O) groups is 1. The zero-order chi connectivity index (χ0) is 13.8. The third-order valence-corrected chi connectivity index (χ3v) is 3.59. The summed E-state index contributed by atoms with van der Waals surface area (Å²) >= 11 is 0. The number of carbonyl (C=O) groups excluding carboxylic acids is 1. The molecule has 0 fully saturated rings. The van der Waals surface area contributed by atoms with Gasteiger partial charge in [-0.15, -0.1) is 0 Å². The number of hydrogen-bond acceptors (Lipinski definition) is 3. The van der Waals surface area contributed by atoms with Gasteiger partial charge in [0, 0.05) is 18.3 Å². The summed E-state index contributed by atoms with van der Waals surface area (Å²) in [4.78, 5) is 14.2. The molecule has 4 heteroatoms. The van der Waals surface area contributed by atoms with Crippen molar-refractivity contribution in [2.75, 3.05) is 18.5 Å². The molecule has 2 rings (SSSR count). The molecule has 0 aliphatic carbocycles. The average Bonchev–Trinajstić information content (AvgIpc) is 2.43. The minimum absolute atomic E-state index is 0.00717. The summed E-state index contributed by atoms with van der Waals surface area (Å²) < 4.78 is 0. The monoisotopic (exact) mass is 262 g/mol. The van der Waals surface area contributed by atoms with Crippen molar-refractivity contribution >= 4 is 11.6 Å². The Labute approximate surface area is 114 Å². The molecule has 1 heterocycles. The van der Waals surface area contributed by atoms with E-state index in [4.69, 9.17) is 5.11 Å². The summed E-state index contributed by atoms with van der Waals surface area (Å²) in [6, 6.07) is 8.04. The highest BCUT2D eigenvalue weighted by atomic mass is 16.3. The number of benzene rings is 1. The molecule has 0 bridgehead atoms. The first kappa shape index (κ1) is 13.9. The number of aliphatic hydroxyl groups excluding tert-OH is 1. The van der Waals surface area contributed by atoms with E-state index < -0.39 is 0 Å². The van der Waals surface area contributed by atoms with E-state index in [1.54, 1.807) is 4.90 Å². The third-order valence-electron chi connectivity index (χ3n) is 3.59. The van der Waals surface area contributed by atoms with E-state index in [0.29, 0.717) is 6.54 Å². The number of fused-ring (bicyclic) bond motifs is 1. The Hall–Kier alpha value is -1.55. The van der Waals surface area contributed by atoms with Gasteiger partial charge in [-0.25, -0.2) is 0 Å². The summed E-state index contributed by atoms with van der Waals surface area (Å²) in [6.07, 6.45) is 1.73. The van der Waals surface area contributed by atoms with Crippen LogP contribution in [0.25, 0.3) is 0 Å². The lowest BCUT2D eigenvalue weighted by Gasteiger charge is -2.33. The predicted octanol–water partition coefficient (Wildman–Crippen LogP) is 1.64. The average molecular weight is 262 g/mol. The molecule has 1 aromatic rings. The van der Waals surface area contributed by atoms with Crippen LogP contribution in [0, 0.1) is 0 Å². The van der Waals surface area contributed by atoms with Gasteiger partial charge in [-0.1, -0.05) is 18.2 Å². The number of nitrogens with one attached hydrogen (secondary N) is 1. The second kappa shape index (κ2) is 6.06. The quantitative estimate of drug-likeness (QED) is 0.867. The number of para-hydroxylation sites is 1. The summed E-state index contributed by atoms with van der Waals surface area (Å²) in [6.45, 7) is 4.36. The smallest absolute Gasteiger partial charge is 0.245 e. The number of aliphatic hydroxyl groups is 1. The minimum Gasteiger partial charge on any atom is -0.395 e. The molecule has 1 aliphatic heterocycles. The van der Waals surface area contributed by atoms with E-state index >= 15 is 0 Å². The van der Waals surface area contributed by atoms with Crippen molar-refractivity contribution in [3.05, 3.63) is 29.8 Å². The molecule has 2 N–H and O–H groups in total. The first-order valence-corrected chi connectivity index (χ1v) is 6.89. The Morgan fingerprint density at radius 1 is 1.47 bits per heavy atom. The van der Waals surface area contributed by atoms with Gasteiger partial charge in [-0.05, 0) is 38.3 Å². The molecule has 104 valence electrons. The van der Waals surface area contributed by atoms with E-state index in [-0.39, 0.29) is 24.6 Å². The highest BCUT2D eigenvalue weighted by molar-refractivity contribution is 5.86. The van der Waals surface area contributed by atoms with Crippen LogP contribution in [0.2, 0.25) is 0 Å². The van der Waals surface area contributed by atoms with Crippen LogP contribution in [0.15, 0.2) is 24.3 Å². The number of rotatable bonds is 4. The van der Waals surface area contributed by atoms with E-state index in [1.807, 2.05) is 32.0 Å². The molecule has 19 heavy (non-hydrogen) atoms. The number of nitrogens with zero attached hydrogens (tertiary/aromatic N) is 1. The van der Waals surface area contributed by atoms with Crippen LogP contribution in [-0.4, -0.2) is 41.1 Å². The molecule has 0 saturated heterocycles. The molecule has 0 radical (unpaired) electrons. The van der Waals surface area contributed by atoms with Crippen LogP contribution in [0.5, 0.6) is 0 Å². The van der Waals surface area contributed by atoms with E-state index in [1.165, 1.54) is 5.56 Å². The lowest BCUT2D eigenvalue weighted by atomic mass is 9.97. The lowest BCUT2D eigenvalue weighted by molar-refractivity contribution is -0.134. The number of hydrogen-bond donors (Lipinski definition) is 2. The molecule has 0 aromatic heterocycles. The summed E-state index contributed by atoms with van der Waals surface area (Å²) in [5.41, 5.74) is 2.32. The van der Waals surface area contributed by atoms with Gasteiger partial charge in [-0.3, -0.25) is 4.79 Å². The Balaban J connectivity index is 2.09.